The summed E-state index contributed by atoms with van der Waals surface area (Å²) in [5, 5.41) is 10.2. The first-order valence-electron chi connectivity index (χ1n) is 5.32. The molecule has 0 aromatic heterocycles. The fourth-order valence-corrected chi connectivity index (χ4v) is 1.66. The largest absolute Gasteiger partial charge is 0.392 e. The Balaban J connectivity index is 2.95. The summed E-state index contributed by atoms with van der Waals surface area (Å²) >= 11 is 0. The summed E-state index contributed by atoms with van der Waals surface area (Å²) < 4.78 is 0. The summed E-state index contributed by atoms with van der Waals surface area (Å²) in [6.45, 7) is 9.93. The highest BCUT2D eigenvalue weighted by Gasteiger charge is 2.29. The van der Waals surface area contributed by atoms with Crippen LogP contribution in [-0.2, 0) is 0 Å². The second-order valence-electron chi connectivity index (χ2n) is 4.98. The molecule has 0 spiro atoms. The SMILES string of the molecule is C=C[C@H](c1ccccc1)[C@H](O)C(C)(C)C. The zero-order valence-electron chi connectivity index (χ0n) is 9.77. The summed E-state index contributed by atoms with van der Waals surface area (Å²) in [7, 11) is 0. The topological polar surface area (TPSA) is 20.2 Å². The van der Waals surface area contributed by atoms with Crippen molar-refractivity contribution < 1.29 is 5.11 Å². The van der Waals surface area contributed by atoms with E-state index >= 15 is 0 Å². The van der Waals surface area contributed by atoms with Crippen molar-refractivity contribution >= 4 is 0 Å². The van der Waals surface area contributed by atoms with E-state index in [1.54, 1.807) is 0 Å². The molecule has 0 aliphatic rings. The molecule has 1 rings (SSSR count). The Bertz CT molecular complexity index is 308. The molecule has 0 aliphatic heterocycles. The molecule has 1 heteroatoms. The van der Waals surface area contributed by atoms with Crippen LogP contribution in [0, 0.1) is 5.41 Å². The van der Waals surface area contributed by atoms with E-state index in [0.29, 0.717) is 0 Å². The van der Waals surface area contributed by atoms with Crippen molar-refractivity contribution in [1.82, 2.24) is 0 Å². The number of hydrogen-bond donors (Lipinski definition) is 1. The number of benzene rings is 1. The van der Waals surface area contributed by atoms with Crippen molar-refractivity contribution in [1.29, 1.82) is 0 Å². The lowest BCUT2D eigenvalue weighted by Crippen LogP contribution is -2.31. The molecule has 1 nitrogen and oxygen atoms in total. The van der Waals surface area contributed by atoms with Crippen LogP contribution < -0.4 is 0 Å². The molecule has 2 atom stereocenters. The van der Waals surface area contributed by atoms with E-state index in [4.69, 9.17) is 0 Å². The van der Waals surface area contributed by atoms with Gasteiger partial charge in [0, 0.05) is 5.92 Å². The van der Waals surface area contributed by atoms with Crippen LogP contribution in [0.5, 0.6) is 0 Å². The number of rotatable bonds is 3. The fraction of sp³-hybridized carbons (Fsp3) is 0.429. The minimum absolute atomic E-state index is 0.00574. The van der Waals surface area contributed by atoms with Gasteiger partial charge in [-0.25, -0.2) is 0 Å². The average Bonchev–Trinajstić information content (AvgIpc) is 2.19. The summed E-state index contributed by atoms with van der Waals surface area (Å²) in [6.07, 6.45) is 1.42. The monoisotopic (exact) mass is 204 g/mol. The highest BCUT2D eigenvalue weighted by atomic mass is 16.3. The van der Waals surface area contributed by atoms with Crippen molar-refractivity contribution in [2.75, 3.05) is 0 Å². The van der Waals surface area contributed by atoms with E-state index in [1.807, 2.05) is 57.2 Å². The molecule has 15 heavy (non-hydrogen) atoms. The molecular formula is C14H20O. The van der Waals surface area contributed by atoms with Crippen molar-refractivity contribution in [2.24, 2.45) is 5.41 Å². The van der Waals surface area contributed by atoms with Crippen LogP contribution in [0.25, 0.3) is 0 Å². The summed E-state index contributed by atoms with van der Waals surface area (Å²) in [4.78, 5) is 0. The van der Waals surface area contributed by atoms with Crippen molar-refractivity contribution in [3.63, 3.8) is 0 Å². The van der Waals surface area contributed by atoms with Crippen molar-refractivity contribution in [3.05, 3.63) is 48.6 Å². The van der Waals surface area contributed by atoms with E-state index < -0.39 is 6.10 Å². The van der Waals surface area contributed by atoms with Gasteiger partial charge in [-0.1, -0.05) is 57.2 Å². The molecular weight excluding hydrogens is 184 g/mol. The van der Waals surface area contributed by atoms with Crippen LogP contribution >= 0.6 is 0 Å². The first kappa shape index (κ1) is 12.0. The van der Waals surface area contributed by atoms with Crippen LogP contribution in [0.1, 0.15) is 32.3 Å². The maximum atomic E-state index is 10.2. The first-order valence-corrected chi connectivity index (χ1v) is 5.32. The van der Waals surface area contributed by atoms with Crippen molar-refractivity contribution in [3.8, 4) is 0 Å². The molecule has 0 amide bonds. The van der Waals surface area contributed by atoms with E-state index in [1.165, 1.54) is 0 Å². The molecule has 0 heterocycles. The lowest BCUT2D eigenvalue weighted by atomic mass is 9.78. The average molecular weight is 204 g/mol. The molecule has 0 radical (unpaired) electrons. The smallest absolute Gasteiger partial charge is 0.0691 e. The molecule has 0 aliphatic carbocycles. The Kier molecular flexibility index (Phi) is 3.70. The number of hydrogen-bond acceptors (Lipinski definition) is 1. The minimum Gasteiger partial charge on any atom is -0.392 e. The lowest BCUT2D eigenvalue weighted by Gasteiger charge is -2.31. The molecule has 1 aromatic rings. The molecule has 0 saturated heterocycles. The first-order chi connectivity index (χ1) is 6.96. The maximum Gasteiger partial charge on any atom is 0.0691 e. The predicted molar refractivity (Wildman–Crippen MR) is 64.8 cm³/mol. The van der Waals surface area contributed by atoms with Gasteiger partial charge < -0.3 is 5.11 Å². The van der Waals surface area contributed by atoms with Gasteiger partial charge in [0.1, 0.15) is 0 Å². The predicted octanol–water partition coefficient (Wildman–Crippen LogP) is 3.36. The number of aliphatic hydroxyl groups excluding tert-OH is 1. The molecule has 1 N–H and O–H groups in total. The molecule has 0 unspecified atom stereocenters. The van der Waals surface area contributed by atoms with Gasteiger partial charge in [0.25, 0.3) is 0 Å². The summed E-state index contributed by atoms with van der Waals surface area (Å²) in [5.41, 5.74) is 0.990. The Labute approximate surface area is 92.5 Å². The molecule has 0 bridgehead atoms. The van der Waals surface area contributed by atoms with Gasteiger partial charge >= 0.3 is 0 Å². The van der Waals surface area contributed by atoms with Gasteiger partial charge in [-0.15, -0.1) is 6.58 Å². The quantitative estimate of drug-likeness (QED) is 0.748. The third kappa shape index (κ3) is 2.93. The highest BCUT2D eigenvalue weighted by Crippen LogP contribution is 2.32. The lowest BCUT2D eigenvalue weighted by molar-refractivity contribution is 0.0510. The van der Waals surface area contributed by atoms with Crippen LogP contribution in [-0.4, -0.2) is 11.2 Å². The Morgan fingerprint density at radius 1 is 1.20 bits per heavy atom. The van der Waals surface area contributed by atoms with Crippen molar-refractivity contribution in [2.45, 2.75) is 32.8 Å². The number of aliphatic hydroxyl groups is 1. The van der Waals surface area contributed by atoms with Gasteiger partial charge in [-0.3, -0.25) is 0 Å². The van der Waals surface area contributed by atoms with E-state index in [9.17, 15) is 5.11 Å². The van der Waals surface area contributed by atoms with Gasteiger partial charge in [-0.2, -0.15) is 0 Å². The Morgan fingerprint density at radius 2 is 1.73 bits per heavy atom. The van der Waals surface area contributed by atoms with E-state index in [-0.39, 0.29) is 11.3 Å². The van der Waals surface area contributed by atoms with Crippen LogP contribution in [0.4, 0.5) is 0 Å². The minimum atomic E-state index is -0.405. The van der Waals surface area contributed by atoms with Crippen LogP contribution in [0.3, 0.4) is 0 Å². The Hall–Kier alpha value is -1.08. The summed E-state index contributed by atoms with van der Waals surface area (Å²) in [6, 6.07) is 10.0. The Morgan fingerprint density at radius 3 is 2.13 bits per heavy atom. The molecule has 0 fully saturated rings. The molecule has 1 aromatic carbocycles. The second-order valence-corrected chi connectivity index (χ2v) is 4.98. The third-order valence-electron chi connectivity index (χ3n) is 2.67. The van der Waals surface area contributed by atoms with Crippen LogP contribution in [0.2, 0.25) is 0 Å². The highest BCUT2D eigenvalue weighted by molar-refractivity contribution is 5.25. The molecule has 0 saturated carbocycles. The van der Waals surface area contributed by atoms with Gasteiger partial charge in [0.05, 0.1) is 6.10 Å². The third-order valence-corrected chi connectivity index (χ3v) is 2.67. The van der Waals surface area contributed by atoms with Gasteiger partial charge in [0.15, 0.2) is 0 Å². The second kappa shape index (κ2) is 4.63. The van der Waals surface area contributed by atoms with E-state index in [2.05, 4.69) is 6.58 Å². The van der Waals surface area contributed by atoms with E-state index in [0.717, 1.165) is 5.56 Å². The normalized spacial score (nSPS) is 15.7. The summed E-state index contributed by atoms with van der Waals surface area (Å²) in [5.74, 6) is 0.00574. The van der Waals surface area contributed by atoms with Gasteiger partial charge in [-0.05, 0) is 11.0 Å². The maximum absolute atomic E-state index is 10.2. The zero-order chi connectivity index (χ0) is 11.5. The fourth-order valence-electron chi connectivity index (χ4n) is 1.66. The van der Waals surface area contributed by atoms with Crippen LogP contribution in [0.15, 0.2) is 43.0 Å². The zero-order valence-corrected chi connectivity index (χ0v) is 9.77. The standard InChI is InChI=1S/C14H20O/c1-5-12(13(15)14(2,3)4)11-9-7-6-8-10-11/h5-10,12-13,15H,1H2,2-4H3/t12-,13+/m1/s1. The van der Waals surface area contributed by atoms with Gasteiger partial charge in [0.2, 0.25) is 0 Å². The molecule has 82 valence electrons.